The number of amides is 3. The number of hydrogen-bond acceptors (Lipinski definition) is 4. The third-order valence-corrected chi connectivity index (χ3v) is 4.77. The predicted octanol–water partition coefficient (Wildman–Crippen LogP) is 0.920. The maximum Gasteiger partial charge on any atom is 0.253 e. The van der Waals surface area contributed by atoms with Crippen LogP contribution in [-0.4, -0.2) is 48.8 Å². The number of aryl methyl sites for hydroxylation is 1. The van der Waals surface area contributed by atoms with Gasteiger partial charge in [0.05, 0.1) is 5.92 Å². The van der Waals surface area contributed by atoms with Crippen molar-refractivity contribution in [2.24, 2.45) is 11.7 Å². The van der Waals surface area contributed by atoms with Crippen LogP contribution in [0.2, 0.25) is 0 Å². The molecular formula is C18H25ClN4O3. The molecule has 0 bridgehead atoms. The molecule has 0 spiro atoms. The van der Waals surface area contributed by atoms with Gasteiger partial charge in [0.1, 0.15) is 0 Å². The molecule has 8 heteroatoms. The van der Waals surface area contributed by atoms with E-state index in [4.69, 9.17) is 5.73 Å². The molecule has 1 aromatic rings. The lowest BCUT2D eigenvalue weighted by Gasteiger charge is -2.32. The van der Waals surface area contributed by atoms with E-state index in [1.807, 2.05) is 6.07 Å². The summed E-state index contributed by atoms with van der Waals surface area (Å²) in [4.78, 5) is 38.1. The summed E-state index contributed by atoms with van der Waals surface area (Å²) in [6.45, 7) is 1.96. The van der Waals surface area contributed by atoms with Crippen molar-refractivity contribution in [2.45, 2.75) is 25.7 Å². The number of rotatable bonds is 4. The average molecular weight is 381 g/mol. The minimum atomic E-state index is -0.179. The second kappa shape index (κ2) is 9.00. The van der Waals surface area contributed by atoms with Gasteiger partial charge in [-0.15, -0.1) is 12.4 Å². The van der Waals surface area contributed by atoms with Crippen LogP contribution >= 0.6 is 12.4 Å². The van der Waals surface area contributed by atoms with Crippen molar-refractivity contribution in [3.63, 3.8) is 0 Å². The summed E-state index contributed by atoms with van der Waals surface area (Å²) in [5, 5.41) is 5.62. The Kier molecular flexibility index (Phi) is 6.99. The van der Waals surface area contributed by atoms with E-state index in [0.29, 0.717) is 44.6 Å². The van der Waals surface area contributed by atoms with E-state index >= 15 is 0 Å². The lowest BCUT2D eigenvalue weighted by Crippen LogP contribution is -2.46. The minimum absolute atomic E-state index is 0. The fourth-order valence-electron chi connectivity index (χ4n) is 3.41. The largest absolute Gasteiger partial charge is 0.355 e. The summed E-state index contributed by atoms with van der Waals surface area (Å²) in [6.07, 6.45) is 2.69. The third-order valence-electron chi connectivity index (χ3n) is 4.77. The maximum absolute atomic E-state index is 12.8. The van der Waals surface area contributed by atoms with Gasteiger partial charge in [-0.05, 0) is 43.0 Å². The summed E-state index contributed by atoms with van der Waals surface area (Å²) in [7, 11) is 0. The molecule has 0 saturated carbocycles. The molecule has 0 aromatic heterocycles. The molecule has 1 aromatic carbocycles. The van der Waals surface area contributed by atoms with Crippen molar-refractivity contribution >= 4 is 35.8 Å². The monoisotopic (exact) mass is 380 g/mol. The number of carbonyl (C=O) groups is 3. The minimum Gasteiger partial charge on any atom is -0.355 e. The first-order valence-electron chi connectivity index (χ1n) is 8.78. The molecular weight excluding hydrogens is 356 g/mol. The lowest BCUT2D eigenvalue weighted by atomic mass is 9.95. The van der Waals surface area contributed by atoms with Gasteiger partial charge in [0.2, 0.25) is 11.8 Å². The molecule has 1 fully saturated rings. The molecule has 0 radical (unpaired) electrons. The van der Waals surface area contributed by atoms with Crippen molar-refractivity contribution in [3.05, 3.63) is 29.3 Å². The van der Waals surface area contributed by atoms with E-state index in [2.05, 4.69) is 10.6 Å². The Bertz CT molecular complexity index is 695. The fourth-order valence-corrected chi connectivity index (χ4v) is 3.41. The zero-order valence-corrected chi connectivity index (χ0v) is 15.4. The second-order valence-corrected chi connectivity index (χ2v) is 6.59. The highest BCUT2D eigenvalue weighted by Crippen LogP contribution is 2.25. The number of fused-ring (bicyclic) bond motifs is 1. The van der Waals surface area contributed by atoms with Crippen LogP contribution in [-0.2, 0) is 16.0 Å². The predicted molar refractivity (Wildman–Crippen MR) is 101 cm³/mol. The second-order valence-electron chi connectivity index (χ2n) is 6.59. The topological polar surface area (TPSA) is 105 Å². The van der Waals surface area contributed by atoms with Gasteiger partial charge in [-0.1, -0.05) is 0 Å². The van der Waals surface area contributed by atoms with Crippen LogP contribution in [0.1, 0.15) is 35.2 Å². The Balaban J connectivity index is 0.00000243. The third kappa shape index (κ3) is 4.53. The van der Waals surface area contributed by atoms with E-state index in [0.717, 1.165) is 24.1 Å². The van der Waals surface area contributed by atoms with Gasteiger partial charge in [-0.3, -0.25) is 14.4 Å². The molecule has 1 atom stereocenters. The number of nitrogens with one attached hydrogen (secondary N) is 2. The summed E-state index contributed by atoms with van der Waals surface area (Å²) < 4.78 is 0. The highest BCUT2D eigenvalue weighted by atomic mass is 35.5. The standard InChI is InChI=1S/C18H24N4O3.ClH/c19-7-8-20-17(24)14-2-1-9-22(11-14)18(25)13-3-5-15-12(10-13)4-6-16(23)21-15;/h3,5,10,14H,1-2,4,6-9,11,19H2,(H,20,24)(H,21,23);1H. The average Bonchev–Trinajstić information content (AvgIpc) is 2.65. The fraction of sp³-hybridized carbons (Fsp3) is 0.500. The number of likely N-dealkylation sites (tertiary alicyclic amines) is 1. The molecule has 1 unspecified atom stereocenters. The van der Waals surface area contributed by atoms with Gasteiger partial charge in [0.15, 0.2) is 0 Å². The number of nitrogens with zero attached hydrogens (tertiary/aromatic N) is 1. The number of halogens is 1. The quantitative estimate of drug-likeness (QED) is 0.722. The number of nitrogens with two attached hydrogens (primary N) is 1. The highest BCUT2D eigenvalue weighted by molar-refractivity contribution is 5.98. The summed E-state index contributed by atoms with van der Waals surface area (Å²) in [5.74, 6) is -0.262. The van der Waals surface area contributed by atoms with Crippen molar-refractivity contribution < 1.29 is 14.4 Å². The van der Waals surface area contributed by atoms with E-state index in [1.54, 1.807) is 17.0 Å². The van der Waals surface area contributed by atoms with Crippen molar-refractivity contribution in [2.75, 3.05) is 31.5 Å². The number of benzene rings is 1. The van der Waals surface area contributed by atoms with Gasteiger partial charge < -0.3 is 21.3 Å². The van der Waals surface area contributed by atoms with Crippen molar-refractivity contribution in [3.8, 4) is 0 Å². The molecule has 0 aliphatic carbocycles. The van der Waals surface area contributed by atoms with Crippen LogP contribution < -0.4 is 16.4 Å². The number of anilines is 1. The van der Waals surface area contributed by atoms with Gasteiger partial charge in [0.25, 0.3) is 5.91 Å². The summed E-state index contributed by atoms with van der Waals surface area (Å²) in [6, 6.07) is 5.38. The molecule has 2 heterocycles. The smallest absolute Gasteiger partial charge is 0.253 e. The van der Waals surface area contributed by atoms with Gasteiger partial charge in [-0.25, -0.2) is 0 Å². The van der Waals surface area contributed by atoms with E-state index in [-0.39, 0.29) is 36.0 Å². The van der Waals surface area contributed by atoms with Gasteiger partial charge >= 0.3 is 0 Å². The Morgan fingerprint density at radius 3 is 2.88 bits per heavy atom. The number of piperidine rings is 1. The van der Waals surface area contributed by atoms with E-state index in [1.165, 1.54) is 0 Å². The Hall–Kier alpha value is -2.12. The maximum atomic E-state index is 12.8. The van der Waals surface area contributed by atoms with Crippen LogP contribution in [0.5, 0.6) is 0 Å². The molecule has 1 saturated heterocycles. The highest BCUT2D eigenvalue weighted by Gasteiger charge is 2.29. The molecule has 7 nitrogen and oxygen atoms in total. The van der Waals surface area contributed by atoms with E-state index in [9.17, 15) is 14.4 Å². The molecule has 142 valence electrons. The Morgan fingerprint density at radius 1 is 1.31 bits per heavy atom. The Morgan fingerprint density at radius 2 is 2.12 bits per heavy atom. The molecule has 3 amide bonds. The van der Waals surface area contributed by atoms with Crippen LogP contribution in [0.4, 0.5) is 5.69 Å². The summed E-state index contributed by atoms with van der Waals surface area (Å²) in [5.41, 5.74) is 7.79. The van der Waals surface area contributed by atoms with Crippen LogP contribution in [0, 0.1) is 5.92 Å². The lowest BCUT2D eigenvalue weighted by molar-refractivity contribution is -0.126. The first-order chi connectivity index (χ1) is 12.1. The first kappa shape index (κ1) is 20.2. The van der Waals surface area contributed by atoms with Crippen molar-refractivity contribution in [1.82, 2.24) is 10.2 Å². The number of hydrogen-bond donors (Lipinski definition) is 3. The first-order valence-corrected chi connectivity index (χ1v) is 8.78. The van der Waals surface area contributed by atoms with Crippen LogP contribution in [0.15, 0.2) is 18.2 Å². The molecule has 2 aliphatic heterocycles. The summed E-state index contributed by atoms with van der Waals surface area (Å²) >= 11 is 0. The zero-order chi connectivity index (χ0) is 17.8. The normalized spacial score (nSPS) is 19.0. The van der Waals surface area contributed by atoms with E-state index < -0.39 is 0 Å². The van der Waals surface area contributed by atoms with Gasteiger partial charge in [-0.2, -0.15) is 0 Å². The molecule has 26 heavy (non-hydrogen) atoms. The number of carbonyl (C=O) groups excluding carboxylic acids is 3. The van der Waals surface area contributed by atoms with Crippen LogP contribution in [0.25, 0.3) is 0 Å². The zero-order valence-electron chi connectivity index (χ0n) is 14.6. The Labute approximate surface area is 159 Å². The van der Waals surface area contributed by atoms with Crippen molar-refractivity contribution in [1.29, 1.82) is 0 Å². The van der Waals surface area contributed by atoms with Crippen LogP contribution in [0.3, 0.4) is 0 Å². The SMILES string of the molecule is Cl.NCCNC(=O)C1CCCN(C(=O)c2ccc3c(c2)CCC(=O)N3)C1. The van der Waals surface area contributed by atoms with Gasteiger partial charge in [0, 0.05) is 43.9 Å². The molecule has 3 rings (SSSR count). The molecule has 2 aliphatic rings. The molecule has 4 N–H and O–H groups in total.